The minimum atomic E-state index is -1.75. The molecule has 0 aromatic rings. The van der Waals surface area contributed by atoms with E-state index in [4.69, 9.17) is 28.4 Å². The van der Waals surface area contributed by atoms with Crippen molar-refractivity contribution in [2.24, 2.45) is 0 Å². The first-order chi connectivity index (χ1) is 22.0. The molecule has 0 bridgehead atoms. The van der Waals surface area contributed by atoms with E-state index in [1.54, 1.807) is 0 Å². The predicted octanol–water partition coefficient (Wildman–Crippen LogP) is -0.197. The van der Waals surface area contributed by atoms with Gasteiger partial charge in [-0.3, -0.25) is 9.59 Å². The van der Waals surface area contributed by atoms with Crippen LogP contribution in [0, 0.1) is 0 Å². The zero-order chi connectivity index (χ0) is 34.1. The third-order valence-electron chi connectivity index (χ3n) is 8.09. The first-order valence-electron chi connectivity index (χ1n) is 16.6. The van der Waals surface area contributed by atoms with Crippen LogP contribution in [0.25, 0.3) is 0 Å². The van der Waals surface area contributed by atoms with E-state index in [0.717, 1.165) is 51.4 Å². The number of hydrogen-bond donors (Lipinski definition) is 7. The number of aliphatic hydroxyl groups is 7. The van der Waals surface area contributed by atoms with E-state index in [-0.39, 0.29) is 26.1 Å². The van der Waals surface area contributed by atoms with Crippen LogP contribution in [0.3, 0.4) is 0 Å². The Labute approximate surface area is 270 Å². The highest BCUT2D eigenvalue weighted by atomic mass is 16.7. The van der Waals surface area contributed by atoms with Crippen molar-refractivity contribution in [1.29, 1.82) is 0 Å². The van der Waals surface area contributed by atoms with Gasteiger partial charge in [-0.2, -0.15) is 0 Å². The number of unbranched alkanes of at least 4 members (excludes halogenated alkanes) is 8. The van der Waals surface area contributed by atoms with Gasteiger partial charge in [0.2, 0.25) is 0 Å². The Morgan fingerprint density at radius 2 is 1.11 bits per heavy atom. The maximum absolute atomic E-state index is 12.5. The lowest BCUT2D eigenvalue weighted by Crippen LogP contribution is -2.61. The summed E-state index contributed by atoms with van der Waals surface area (Å²) in [7, 11) is 0. The summed E-state index contributed by atoms with van der Waals surface area (Å²) in [6.45, 7) is 2.31. The Bertz CT molecular complexity index is 845. The van der Waals surface area contributed by atoms with Crippen molar-refractivity contribution < 1.29 is 73.8 Å². The fourth-order valence-corrected chi connectivity index (χ4v) is 5.15. The second kappa shape index (κ2) is 22.2. The van der Waals surface area contributed by atoms with Crippen LogP contribution in [0.4, 0.5) is 0 Å². The van der Waals surface area contributed by atoms with Crippen LogP contribution in [0.15, 0.2) is 0 Å². The molecule has 270 valence electrons. The molecule has 2 fully saturated rings. The number of hydrogen-bond acceptors (Lipinski definition) is 15. The summed E-state index contributed by atoms with van der Waals surface area (Å²) < 4.78 is 32.8. The van der Waals surface area contributed by atoms with Gasteiger partial charge in [0.1, 0.15) is 55.4 Å². The predicted molar refractivity (Wildman–Crippen MR) is 160 cm³/mol. The van der Waals surface area contributed by atoms with E-state index < -0.39 is 92.7 Å². The molecule has 0 aromatic heterocycles. The molecule has 2 heterocycles. The normalized spacial score (nSPS) is 32.2. The van der Waals surface area contributed by atoms with E-state index in [1.165, 1.54) is 0 Å². The zero-order valence-electron chi connectivity index (χ0n) is 27.1. The Balaban J connectivity index is 1.97. The van der Waals surface area contributed by atoms with Crippen molar-refractivity contribution in [3.63, 3.8) is 0 Å². The molecule has 0 spiro atoms. The van der Waals surface area contributed by atoms with Gasteiger partial charge in [-0.15, -0.1) is 0 Å². The standard InChI is InChI=1S/C31H56O15/c1-3-5-7-9-11-13-22(33)41-16-19(44-23(34)14-12-10-8-6-4-2)17-42-30-29(40)27(38)25(36)21(46-30)18-43-31-28(39)26(37)24(35)20(15-32)45-31/h19-21,24-32,35-40H,3-18H2,1-2H3. The summed E-state index contributed by atoms with van der Waals surface area (Å²) in [6.07, 6.45) is -7.03. The van der Waals surface area contributed by atoms with Gasteiger partial charge in [-0.05, 0) is 12.8 Å². The lowest BCUT2D eigenvalue weighted by molar-refractivity contribution is -0.332. The van der Waals surface area contributed by atoms with Gasteiger partial charge in [-0.25, -0.2) is 0 Å². The summed E-state index contributed by atoms with van der Waals surface area (Å²) in [5, 5.41) is 71.0. The molecule has 46 heavy (non-hydrogen) atoms. The first-order valence-corrected chi connectivity index (χ1v) is 16.6. The lowest BCUT2D eigenvalue weighted by Gasteiger charge is -2.42. The Morgan fingerprint density at radius 3 is 1.67 bits per heavy atom. The molecule has 11 unspecified atom stereocenters. The van der Waals surface area contributed by atoms with Crippen LogP contribution >= 0.6 is 0 Å². The third kappa shape index (κ3) is 13.5. The van der Waals surface area contributed by atoms with Crippen LogP contribution < -0.4 is 0 Å². The average Bonchev–Trinajstić information content (AvgIpc) is 3.04. The smallest absolute Gasteiger partial charge is 0.306 e. The van der Waals surface area contributed by atoms with Crippen molar-refractivity contribution in [2.75, 3.05) is 26.4 Å². The summed E-state index contributed by atoms with van der Waals surface area (Å²) in [6, 6.07) is 0. The number of esters is 2. The fraction of sp³-hybridized carbons (Fsp3) is 0.935. The molecule has 2 rings (SSSR count). The number of aliphatic hydroxyl groups excluding tert-OH is 7. The van der Waals surface area contributed by atoms with Gasteiger partial charge in [0.05, 0.1) is 19.8 Å². The topological polar surface area (TPSA) is 231 Å². The number of ether oxygens (including phenoxy) is 6. The van der Waals surface area contributed by atoms with E-state index in [0.29, 0.717) is 12.8 Å². The summed E-state index contributed by atoms with van der Waals surface area (Å²) in [5.41, 5.74) is 0. The zero-order valence-corrected chi connectivity index (χ0v) is 27.1. The molecule has 0 aliphatic carbocycles. The van der Waals surface area contributed by atoms with Crippen molar-refractivity contribution in [3.05, 3.63) is 0 Å². The lowest BCUT2D eigenvalue weighted by atomic mass is 9.98. The van der Waals surface area contributed by atoms with Crippen molar-refractivity contribution >= 4 is 11.9 Å². The van der Waals surface area contributed by atoms with Crippen LogP contribution in [0.1, 0.15) is 90.9 Å². The molecule has 2 saturated heterocycles. The van der Waals surface area contributed by atoms with Gasteiger partial charge in [0, 0.05) is 12.8 Å². The van der Waals surface area contributed by atoms with E-state index >= 15 is 0 Å². The molecule has 0 amide bonds. The highest BCUT2D eigenvalue weighted by Crippen LogP contribution is 2.26. The molecule has 0 aromatic carbocycles. The van der Waals surface area contributed by atoms with Crippen molar-refractivity contribution in [2.45, 2.75) is 158 Å². The molecule has 11 atom stereocenters. The second-order valence-corrected chi connectivity index (χ2v) is 12.0. The maximum atomic E-state index is 12.5. The van der Waals surface area contributed by atoms with Gasteiger partial charge in [0.25, 0.3) is 0 Å². The van der Waals surface area contributed by atoms with Crippen molar-refractivity contribution in [3.8, 4) is 0 Å². The molecule has 15 heteroatoms. The molecular weight excluding hydrogens is 612 g/mol. The quantitative estimate of drug-likeness (QED) is 0.0585. The fourth-order valence-electron chi connectivity index (χ4n) is 5.15. The summed E-state index contributed by atoms with van der Waals surface area (Å²) in [4.78, 5) is 24.9. The average molecular weight is 669 g/mol. The Hall–Kier alpha value is -1.50. The second-order valence-electron chi connectivity index (χ2n) is 12.0. The SMILES string of the molecule is CCCCCCCC(=O)OCC(COC1OC(COC2OC(CO)C(O)C(O)C2O)C(O)C(O)C1O)OC(=O)CCCCCCC. The highest BCUT2D eigenvalue weighted by molar-refractivity contribution is 5.70. The van der Waals surface area contributed by atoms with Gasteiger partial charge >= 0.3 is 11.9 Å². The molecule has 0 radical (unpaired) electrons. The monoisotopic (exact) mass is 668 g/mol. The largest absolute Gasteiger partial charge is 0.462 e. The minimum Gasteiger partial charge on any atom is -0.462 e. The van der Waals surface area contributed by atoms with E-state index in [9.17, 15) is 45.3 Å². The number of carbonyl (C=O) groups is 2. The number of rotatable bonds is 22. The van der Waals surface area contributed by atoms with E-state index in [1.807, 2.05) is 0 Å². The highest BCUT2D eigenvalue weighted by Gasteiger charge is 2.47. The van der Waals surface area contributed by atoms with Crippen LogP contribution in [-0.4, -0.2) is 142 Å². The Morgan fingerprint density at radius 1 is 0.609 bits per heavy atom. The minimum absolute atomic E-state index is 0.163. The molecule has 15 nitrogen and oxygen atoms in total. The first kappa shape index (κ1) is 40.7. The molecular formula is C31H56O15. The van der Waals surface area contributed by atoms with Crippen molar-refractivity contribution in [1.82, 2.24) is 0 Å². The molecule has 7 N–H and O–H groups in total. The van der Waals surface area contributed by atoms with Crippen LogP contribution in [-0.2, 0) is 38.0 Å². The molecule has 2 aliphatic heterocycles. The summed E-state index contributed by atoms with van der Waals surface area (Å²) >= 11 is 0. The maximum Gasteiger partial charge on any atom is 0.306 e. The summed E-state index contributed by atoms with van der Waals surface area (Å²) in [5.74, 6) is -0.956. The van der Waals surface area contributed by atoms with Crippen LogP contribution in [0.5, 0.6) is 0 Å². The molecule has 2 aliphatic rings. The van der Waals surface area contributed by atoms with E-state index in [2.05, 4.69) is 13.8 Å². The molecule has 0 saturated carbocycles. The third-order valence-corrected chi connectivity index (χ3v) is 8.09. The van der Waals surface area contributed by atoms with Gasteiger partial charge in [0.15, 0.2) is 18.7 Å². The van der Waals surface area contributed by atoms with Gasteiger partial charge in [-0.1, -0.05) is 65.2 Å². The number of carbonyl (C=O) groups excluding carboxylic acids is 2. The Kier molecular flexibility index (Phi) is 19.6. The van der Waals surface area contributed by atoms with Gasteiger partial charge < -0.3 is 64.2 Å². The van der Waals surface area contributed by atoms with Crippen LogP contribution in [0.2, 0.25) is 0 Å².